The van der Waals surface area contributed by atoms with Crippen LogP contribution in [0.15, 0.2) is 76.3 Å². The number of benzene rings is 2. The molecule has 1 aliphatic heterocycles. The van der Waals surface area contributed by atoms with E-state index in [9.17, 15) is 9.59 Å². The maximum atomic E-state index is 13.2. The van der Waals surface area contributed by atoms with Crippen LogP contribution in [0.1, 0.15) is 12.2 Å². The summed E-state index contributed by atoms with van der Waals surface area (Å²) >= 11 is 7.30. The van der Waals surface area contributed by atoms with E-state index in [1.54, 1.807) is 41.5 Å². The molecule has 2 aromatic carbocycles. The second-order valence-corrected chi connectivity index (χ2v) is 8.54. The molecule has 1 fully saturated rings. The maximum absolute atomic E-state index is 13.2. The Morgan fingerprint density at radius 1 is 1.22 bits per heavy atom. The molecular weight excluding hydrogens is 450 g/mol. The molecule has 32 heavy (non-hydrogen) atoms. The highest BCUT2D eigenvalue weighted by Gasteiger charge is 2.39. The lowest BCUT2D eigenvalue weighted by molar-refractivity contribution is -0.128. The number of nitrogens with one attached hydrogen (secondary N) is 1. The van der Waals surface area contributed by atoms with Gasteiger partial charge in [-0.05, 0) is 42.5 Å². The zero-order valence-corrected chi connectivity index (χ0v) is 18.7. The Morgan fingerprint density at radius 3 is 2.75 bits per heavy atom. The number of nitrogens with zero attached hydrogens (tertiary/aromatic N) is 2. The van der Waals surface area contributed by atoms with Gasteiger partial charge in [-0.2, -0.15) is 0 Å². The zero-order valence-electron chi connectivity index (χ0n) is 17.2. The highest BCUT2D eigenvalue weighted by molar-refractivity contribution is 8.15. The van der Waals surface area contributed by atoms with Crippen molar-refractivity contribution in [3.8, 4) is 5.75 Å². The highest BCUT2D eigenvalue weighted by Crippen LogP contribution is 2.34. The van der Waals surface area contributed by atoms with Crippen LogP contribution < -0.4 is 10.1 Å². The lowest BCUT2D eigenvalue weighted by Crippen LogP contribution is -2.33. The molecule has 1 unspecified atom stereocenters. The van der Waals surface area contributed by atoms with Crippen molar-refractivity contribution < 1.29 is 18.7 Å². The van der Waals surface area contributed by atoms with Crippen molar-refractivity contribution in [3.63, 3.8) is 0 Å². The van der Waals surface area contributed by atoms with E-state index in [0.717, 1.165) is 5.69 Å². The second kappa shape index (κ2) is 9.93. The number of methoxy groups -OCH3 is 1. The number of amides is 2. The van der Waals surface area contributed by atoms with E-state index < -0.39 is 5.25 Å². The number of rotatable bonds is 7. The zero-order chi connectivity index (χ0) is 22.5. The van der Waals surface area contributed by atoms with E-state index >= 15 is 0 Å². The monoisotopic (exact) mass is 469 g/mol. The summed E-state index contributed by atoms with van der Waals surface area (Å²) in [5.74, 6) is 0.594. The van der Waals surface area contributed by atoms with Crippen LogP contribution in [-0.2, 0) is 16.1 Å². The van der Waals surface area contributed by atoms with Crippen LogP contribution >= 0.6 is 23.4 Å². The van der Waals surface area contributed by atoms with Gasteiger partial charge in [0.15, 0.2) is 5.17 Å². The molecule has 0 aliphatic carbocycles. The molecular formula is C23H20ClN3O4S. The van der Waals surface area contributed by atoms with Crippen molar-refractivity contribution in [1.29, 1.82) is 0 Å². The van der Waals surface area contributed by atoms with Crippen LogP contribution in [0.4, 0.5) is 11.4 Å². The largest absolute Gasteiger partial charge is 0.495 e. The lowest BCUT2D eigenvalue weighted by atomic mass is 10.2. The van der Waals surface area contributed by atoms with Gasteiger partial charge >= 0.3 is 0 Å². The van der Waals surface area contributed by atoms with Gasteiger partial charge in [-0.3, -0.25) is 14.5 Å². The van der Waals surface area contributed by atoms with Gasteiger partial charge in [0, 0.05) is 11.4 Å². The summed E-state index contributed by atoms with van der Waals surface area (Å²) in [5.41, 5.74) is 1.17. The van der Waals surface area contributed by atoms with Gasteiger partial charge in [0.1, 0.15) is 16.8 Å². The number of amidine groups is 1. The molecule has 1 atom stereocenters. The number of furan rings is 1. The van der Waals surface area contributed by atoms with Gasteiger partial charge in [-0.15, -0.1) is 0 Å². The minimum absolute atomic E-state index is 0.0262. The van der Waals surface area contributed by atoms with Gasteiger partial charge in [-0.25, -0.2) is 4.99 Å². The van der Waals surface area contributed by atoms with Gasteiger partial charge in [0.2, 0.25) is 11.8 Å². The summed E-state index contributed by atoms with van der Waals surface area (Å²) in [6.07, 6.45) is 1.53. The lowest BCUT2D eigenvalue weighted by Gasteiger charge is -2.15. The van der Waals surface area contributed by atoms with Crippen molar-refractivity contribution in [2.45, 2.75) is 18.2 Å². The number of para-hydroxylation sites is 1. The SMILES string of the molecule is COc1ccc(Cl)cc1NC(=O)CC1SC(=Nc2ccccc2)N(Cc2ccco2)C1=O. The van der Waals surface area contributed by atoms with Crippen molar-refractivity contribution in [2.75, 3.05) is 12.4 Å². The third kappa shape index (κ3) is 5.15. The van der Waals surface area contributed by atoms with Crippen molar-refractivity contribution in [2.24, 2.45) is 4.99 Å². The first-order valence-electron chi connectivity index (χ1n) is 9.81. The predicted molar refractivity (Wildman–Crippen MR) is 125 cm³/mol. The average molecular weight is 470 g/mol. The van der Waals surface area contributed by atoms with Gasteiger partial charge < -0.3 is 14.5 Å². The third-order valence-corrected chi connectivity index (χ3v) is 6.11. The minimum atomic E-state index is -0.613. The molecule has 164 valence electrons. The summed E-state index contributed by atoms with van der Waals surface area (Å²) in [6.45, 7) is 0.241. The maximum Gasteiger partial charge on any atom is 0.243 e. The van der Waals surface area contributed by atoms with Gasteiger partial charge in [0.05, 0.1) is 31.3 Å². The van der Waals surface area contributed by atoms with Crippen LogP contribution in [0.25, 0.3) is 0 Å². The number of aliphatic imine (C=N–C) groups is 1. The first kappa shape index (κ1) is 22.0. The smallest absolute Gasteiger partial charge is 0.243 e. The molecule has 4 rings (SSSR count). The van der Waals surface area contributed by atoms with E-state index in [0.29, 0.717) is 27.4 Å². The van der Waals surface area contributed by atoms with E-state index in [2.05, 4.69) is 10.3 Å². The van der Waals surface area contributed by atoms with Crippen LogP contribution in [-0.4, -0.2) is 34.2 Å². The standard InChI is InChI=1S/C23H20ClN3O4S/c1-30-19-10-9-15(24)12-18(19)26-21(28)13-20-22(29)27(14-17-8-5-11-31-17)23(32-20)25-16-6-3-2-4-7-16/h2-12,20H,13-14H2,1H3,(H,26,28). The molecule has 1 saturated heterocycles. The Labute approximate surface area is 194 Å². The number of carbonyl (C=O) groups excluding carboxylic acids is 2. The quantitative estimate of drug-likeness (QED) is 0.520. The first-order chi connectivity index (χ1) is 15.5. The number of hydrogen-bond donors (Lipinski definition) is 1. The Balaban J connectivity index is 1.52. The Hall–Kier alpha value is -3.23. The Bertz CT molecular complexity index is 1140. The second-order valence-electron chi connectivity index (χ2n) is 6.94. The molecule has 1 N–H and O–H groups in total. The molecule has 1 aromatic heterocycles. The van der Waals surface area contributed by atoms with Crippen molar-refractivity contribution in [3.05, 3.63) is 77.7 Å². The number of thioether (sulfide) groups is 1. The van der Waals surface area contributed by atoms with E-state index in [1.807, 2.05) is 30.3 Å². The summed E-state index contributed by atoms with van der Waals surface area (Å²) in [6, 6.07) is 17.9. The first-order valence-corrected chi connectivity index (χ1v) is 11.1. The normalized spacial score (nSPS) is 17.1. The summed E-state index contributed by atoms with van der Waals surface area (Å²) in [4.78, 5) is 32.1. The Morgan fingerprint density at radius 2 is 2.03 bits per heavy atom. The fraction of sp³-hybridized carbons (Fsp3) is 0.174. The number of carbonyl (C=O) groups is 2. The molecule has 3 aromatic rings. The average Bonchev–Trinajstić information content (AvgIpc) is 3.39. The molecule has 1 aliphatic rings. The molecule has 2 amide bonds. The highest BCUT2D eigenvalue weighted by atomic mass is 35.5. The van der Waals surface area contributed by atoms with Crippen molar-refractivity contribution in [1.82, 2.24) is 4.90 Å². The molecule has 0 spiro atoms. The van der Waals surface area contributed by atoms with E-state index in [-0.39, 0.29) is 24.8 Å². The van der Waals surface area contributed by atoms with Crippen LogP contribution in [0.5, 0.6) is 5.75 Å². The molecule has 0 bridgehead atoms. The van der Waals surface area contributed by atoms with Crippen LogP contribution in [0.3, 0.4) is 0 Å². The number of anilines is 1. The molecule has 0 saturated carbocycles. The molecule has 9 heteroatoms. The fourth-order valence-corrected chi connectivity index (χ4v) is 4.52. The number of halogens is 1. The van der Waals surface area contributed by atoms with Crippen LogP contribution in [0.2, 0.25) is 5.02 Å². The molecule has 0 radical (unpaired) electrons. The molecule has 7 nitrogen and oxygen atoms in total. The fourth-order valence-electron chi connectivity index (χ4n) is 3.19. The number of ether oxygens (including phenoxy) is 1. The summed E-state index contributed by atoms with van der Waals surface area (Å²) < 4.78 is 10.7. The molecule has 2 heterocycles. The number of hydrogen-bond acceptors (Lipinski definition) is 6. The predicted octanol–water partition coefficient (Wildman–Crippen LogP) is 5.10. The Kier molecular flexibility index (Phi) is 6.82. The minimum Gasteiger partial charge on any atom is -0.495 e. The van der Waals surface area contributed by atoms with Crippen molar-refractivity contribution >= 4 is 51.7 Å². The van der Waals surface area contributed by atoms with Gasteiger partial charge in [0.25, 0.3) is 0 Å². The van der Waals surface area contributed by atoms with E-state index in [1.165, 1.54) is 18.9 Å². The summed E-state index contributed by atoms with van der Waals surface area (Å²) in [7, 11) is 1.51. The topological polar surface area (TPSA) is 84.1 Å². The third-order valence-electron chi connectivity index (χ3n) is 4.70. The summed E-state index contributed by atoms with van der Waals surface area (Å²) in [5, 5.41) is 3.16. The van der Waals surface area contributed by atoms with Gasteiger partial charge in [-0.1, -0.05) is 41.6 Å². The van der Waals surface area contributed by atoms with E-state index in [4.69, 9.17) is 20.8 Å². The van der Waals surface area contributed by atoms with Crippen LogP contribution in [0, 0.1) is 0 Å².